The second-order valence-electron chi connectivity index (χ2n) is 4.40. The topological polar surface area (TPSA) is 67.3 Å². The van der Waals surface area contributed by atoms with E-state index in [4.69, 9.17) is 0 Å². The van der Waals surface area contributed by atoms with Gasteiger partial charge in [-0.15, -0.1) is 10.2 Å². The van der Waals surface area contributed by atoms with Crippen molar-refractivity contribution in [1.29, 1.82) is 0 Å². The number of hydrogen-bond acceptors (Lipinski definition) is 4. The molecule has 5 nitrogen and oxygen atoms in total. The Morgan fingerprint density at radius 2 is 1.95 bits per heavy atom. The maximum Gasteiger partial charge on any atom is 0.204 e. The van der Waals surface area contributed by atoms with E-state index in [0.717, 1.165) is 22.5 Å². The highest BCUT2D eigenvalue weighted by Gasteiger charge is 2.02. The fraction of sp³-hybridized carbons (Fsp3) is 0.0667. The van der Waals surface area contributed by atoms with Crippen LogP contribution in [0.4, 0.5) is 0 Å². The van der Waals surface area contributed by atoms with Crippen LogP contribution in [-0.4, -0.2) is 25.6 Å². The Hall–Kier alpha value is -2.82. The van der Waals surface area contributed by atoms with Gasteiger partial charge in [-0.1, -0.05) is 30.3 Å². The molecule has 2 aromatic heterocycles. The zero-order valence-electron chi connectivity index (χ0n) is 11.0. The van der Waals surface area contributed by atoms with Crippen molar-refractivity contribution in [3.63, 3.8) is 0 Å². The Balaban J connectivity index is 1.86. The molecule has 5 heteroatoms. The van der Waals surface area contributed by atoms with Gasteiger partial charge in [0.25, 0.3) is 0 Å². The van der Waals surface area contributed by atoms with E-state index in [1.807, 2.05) is 61.5 Å². The third kappa shape index (κ3) is 2.77. The second kappa shape index (κ2) is 5.44. The molecule has 3 aromatic rings. The van der Waals surface area contributed by atoms with Crippen molar-refractivity contribution in [3.8, 4) is 11.4 Å². The summed E-state index contributed by atoms with van der Waals surface area (Å²) in [6.07, 6.45) is 4.01. The molecule has 0 bridgehead atoms. The first-order chi connectivity index (χ1) is 9.81. The molecule has 1 N–H and O–H groups in total. The number of aromatic nitrogens is 5. The Bertz CT molecular complexity index is 732. The number of hydrogen-bond donors (Lipinski definition) is 1. The molecule has 0 amide bonds. The number of pyridine rings is 1. The van der Waals surface area contributed by atoms with Gasteiger partial charge in [-0.2, -0.15) is 5.21 Å². The molecule has 0 atom stereocenters. The van der Waals surface area contributed by atoms with Gasteiger partial charge in [0.15, 0.2) is 0 Å². The first-order valence-corrected chi connectivity index (χ1v) is 6.27. The highest BCUT2D eigenvalue weighted by atomic mass is 15.5. The van der Waals surface area contributed by atoms with Crippen molar-refractivity contribution in [2.45, 2.75) is 6.92 Å². The van der Waals surface area contributed by atoms with Crippen LogP contribution in [0.3, 0.4) is 0 Å². The summed E-state index contributed by atoms with van der Waals surface area (Å²) in [5, 5.41) is 14.0. The van der Waals surface area contributed by atoms with Gasteiger partial charge in [0.1, 0.15) is 0 Å². The highest BCUT2D eigenvalue weighted by molar-refractivity contribution is 5.70. The molecule has 0 spiro atoms. The fourth-order valence-corrected chi connectivity index (χ4v) is 1.90. The molecular formula is C15H13N5. The van der Waals surface area contributed by atoms with Crippen LogP contribution in [0.25, 0.3) is 23.5 Å². The summed E-state index contributed by atoms with van der Waals surface area (Å²) >= 11 is 0. The molecule has 98 valence electrons. The lowest BCUT2D eigenvalue weighted by atomic mass is 10.1. The van der Waals surface area contributed by atoms with E-state index < -0.39 is 0 Å². The number of tetrazole rings is 1. The molecule has 0 saturated carbocycles. The van der Waals surface area contributed by atoms with Crippen LogP contribution >= 0.6 is 0 Å². The average Bonchev–Trinajstić information content (AvgIpc) is 3.00. The normalized spacial score (nSPS) is 11.1. The smallest absolute Gasteiger partial charge is 0.204 e. The quantitative estimate of drug-likeness (QED) is 0.789. The van der Waals surface area contributed by atoms with Crippen molar-refractivity contribution in [3.05, 3.63) is 59.4 Å². The lowest BCUT2D eigenvalue weighted by Crippen LogP contribution is -1.84. The fourth-order valence-electron chi connectivity index (χ4n) is 1.90. The molecule has 2 heterocycles. The number of aromatic amines is 1. The minimum atomic E-state index is 0.592. The van der Waals surface area contributed by atoms with Gasteiger partial charge < -0.3 is 0 Å². The lowest BCUT2D eigenvalue weighted by molar-refractivity contribution is 0.881. The van der Waals surface area contributed by atoms with E-state index in [-0.39, 0.29) is 0 Å². The molecule has 1 aromatic carbocycles. The van der Waals surface area contributed by atoms with Crippen LogP contribution in [0.15, 0.2) is 42.5 Å². The van der Waals surface area contributed by atoms with Gasteiger partial charge in [-0.25, -0.2) is 0 Å². The number of nitrogens with one attached hydrogen (secondary N) is 1. The highest BCUT2D eigenvalue weighted by Crippen LogP contribution is 2.16. The molecule has 3 rings (SSSR count). The minimum Gasteiger partial charge on any atom is -0.254 e. The van der Waals surface area contributed by atoms with E-state index in [1.165, 1.54) is 0 Å². The maximum atomic E-state index is 4.43. The Labute approximate surface area is 116 Å². The summed E-state index contributed by atoms with van der Waals surface area (Å²) in [5.41, 5.74) is 3.94. The number of nitrogens with zero attached hydrogens (tertiary/aromatic N) is 4. The SMILES string of the molecule is Cc1cccc(C=Cc2cccc(-c3nn[nH]n3)c2)n1. The average molecular weight is 263 g/mol. The Morgan fingerprint density at radius 3 is 2.75 bits per heavy atom. The van der Waals surface area contributed by atoms with Crippen LogP contribution in [0.1, 0.15) is 17.0 Å². The van der Waals surface area contributed by atoms with Crippen LogP contribution in [0, 0.1) is 6.92 Å². The molecule has 0 aliphatic carbocycles. The van der Waals surface area contributed by atoms with Crippen LogP contribution < -0.4 is 0 Å². The molecule has 0 saturated heterocycles. The van der Waals surface area contributed by atoms with Gasteiger partial charge >= 0.3 is 0 Å². The largest absolute Gasteiger partial charge is 0.254 e. The van der Waals surface area contributed by atoms with Crippen molar-refractivity contribution >= 4 is 12.2 Å². The van der Waals surface area contributed by atoms with Crippen molar-refractivity contribution in [2.24, 2.45) is 0 Å². The summed E-state index contributed by atoms with van der Waals surface area (Å²) in [5.74, 6) is 0.592. The van der Waals surface area contributed by atoms with Crippen molar-refractivity contribution in [2.75, 3.05) is 0 Å². The van der Waals surface area contributed by atoms with Crippen molar-refractivity contribution in [1.82, 2.24) is 25.6 Å². The summed E-state index contributed by atoms with van der Waals surface area (Å²) in [7, 11) is 0. The number of benzene rings is 1. The van der Waals surface area contributed by atoms with E-state index in [0.29, 0.717) is 5.82 Å². The van der Waals surface area contributed by atoms with Crippen LogP contribution in [0.2, 0.25) is 0 Å². The lowest BCUT2D eigenvalue weighted by Gasteiger charge is -1.98. The first-order valence-electron chi connectivity index (χ1n) is 6.27. The van der Waals surface area contributed by atoms with Crippen LogP contribution in [-0.2, 0) is 0 Å². The number of H-pyrrole nitrogens is 1. The van der Waals surface area contributed by atoms with E-state index in [2.05, 4.69) is 25.6 Å². The van der Waals surface area contributed by atoms with E-state index >= 15 is 0 Å². The summed E-state index contributed by atoms with van der Waals surface area (Å²) in [6, 6.07) is 13.9. The predicted octanol–water partition coefficient (Wildman–Crippen LogP) is 2.74. The molecule has 0 aliphatic heterocycles. The molecule has 0 unspecified atom stereocenters. The van der Waals surface area contributed by atoms with E-state index in [1.54, 1.807) is 0 Å². The van der Waals surface area contributed by atoms with E-state index in [9.17, 15) is 0 Å². The second-order valence-corrected chi connectivity index (χ2v) is 4.40. The standard InChI is InChI=1S/C15H13N5/c1-11-4-2-7-14(16-11)9-8-12-5-3-6-13(10-12)15-17-19-20-18-15/h2-10H,1H3,(H,17,18,19,20). The zero-order valence-corrected chi connectivity index (χ0v) is 11.0. The summed E-state index contributed by atoms with van der Waals surface area (Å²) < 4.78 is 0. The van der Waals surface area contributed by atoms with Gasteiger partial charge in [-0.3, -0.25) is 4.98 Å². The monoisotopic (exact) mass is 263 g/mol. The molecule has 20 heavy (non-hydrogen) atoms. The third-order valence-electron chi connectivity index (χ3n) is 2.85. The maximum absolute atomic E-state index is 4.43. The van der Waals surface area contributed by atoms with Gasteiger partial charge in [0, 0.05) is 11.3 Å². The minimum absolute atomic E-state index is 0.592. The summed E-state index contributed by atoms with van der Waals surface area (Å²) in [6.45, 7) is 1.98. The molecular weight excluding hydrogens is 250 g/mol. The first kappa shape index (κ1) is 12.2. The van der Waals surface area contributed by atoms with Gasteiger partial charge in [0.05, 0.1) is 5.69 Å². The predicted molar refractivity (Wildman–Crippen MR) is 77.5 cm³/mol. The Morgan fingerprint density at radius 1 is 1.05 bits per heavy atom. The zero-order chi connectivity index (χ0) is 13.8. The molecule has 0 fully saturated rings. The Kier molecular flexibility index (Phi) is 3.33. The molecule has 0 radical (unpaired) electrons. The van der Waals surface area contributed by atoms with Gasteiger partial charge in [0.2, 0.25) is 5.82 Å². The van der Waals surface area contributed by atoms with Crippen LogP contribution in [0.5, 0.6) is 0 Å². The van der Waals surface area contributed by atoms with Gasteiger partial charge in [-0.05, 0) is 42.0 Å². The summed E-state index contributed by atoms with van der Waals surface area (Å²) in [4.78, 5) is 4.43. The number of aryl methyl sites for hydroxylation is 1. The third-order valence-corrected chi connectivity index (χ3v) is 2.85. The molecule has 0 aliphatic rings. The number of rotatable bonds is 3. The van der Waals surface area contributed by atoms with Crippen molar-refractivity contribution < 1.29 is 0 Å².